The summed E-state index contributed by atoms with van der Waals surface area (Å²) in [5, 5.41) is 0. The smallest absolute Gasteiger partial charge is 0.462 e. The third-order valence-electron chi connectivity index (χ3n) is 16.6. The highest BCUT2D eigenvalue weighted by Crippen LogP contribution is 2.57. The first-order valence-corrected chi connectivity index (χ1v) is 37.0. The maximum atomic E-state index is 17.6. The van der Waals surface area contributed by atoms with Gasteiger partial charge in [-0.15, -0.1) is 0 Å². The van der Waals surface area contributed by atoms with Crippen LogP contribution in [0.4, 0.5) is 0 Å². The number of esters is 6. The normalized spacial score (nSPS) is 11.3. The van der Waals surface area contributed by atoms with Crippen LogP contribution < -0.4 is 13.6 Å². The van der Waals surface area contributed by atoms with Gasteiger partial charge in [0.25, 0.3) is 0 Å². The molecule has 0 saturated heterocycles. The molecule has 0 amide bonds. The topological polar surface area (TPSA) is 203 Å². The van der Waals surface area contributed by atoms with Gasteiger partial charge in [-0.1, -0.05) is 117 Å². The lowest BCUT2D eigenvalue weighted by molar-refractivity contribution is -0.139. The molecule has 0 spiro atoms. The molecule has 0 fully saturated rings. The Kier molecular flexibility index (Phi) is 39.2. The molecule has 0 N–H and O–H groups in total. The van der Waals surface area contributed by atoms with Crippen LogP contribution in [-0.2, 0) is 100 Å². The summed E-state index contributed by atoms with van der Waals surface area (Å²) >= 11 is 0. The van der Waals surface area contributed by atoms with E-state index in [1.807, 2.05) is 18.2 Å². The summed E-state index contributed by atoms with van der Waals surface area (Å²) < 4.78 is 72.8. The molecular formula is C81H117O16P. The maximum Gasteiger partial charge on any atom is 0.647 e. The Morgan fingerprint density at radius 2 is 0.480 bits per heavy atom. The van der Waals surface area contributed by atoms with Crippen molar-refractivity contribution >= 4 is 43.6 Å². The van der Waals surface area contributed by atoms with Gasteiger partial charge < -0.3 is 42.0 Å². The number of ether oxygens (including phenoxy) is 6. The summed E-state index contributed by atoms with van der Waals surface area (Å²) in [6.45, 7) is 46.0. The van der Waals surface area contributed by atoms with Gasteiger partial charge in [0.1, 0.15) is 17.2 Å². The monoisotopic (exact) mass is 1380 g/mol. The zero-order valence-corrected chi connectivity index (χ0v) is 62.5. The molecule has 0 atom stereocenters. The van der Waals surface area contributed by atoms with Gasteiger partial charge in [-0.2, -0.15) is 4.57 Å². The quantitative estimate of drug-likeness (QED) is 0.0170. The second kappa shape index (κ2) is 45.3. The number of phosphoric acid groups is 1. The van der Waals surface area contributed by atoms with Crippen molar-refractivity contribution in [2.24, 2.45) is 0 Å². The molecular weight excluding hydrogens is 1260 g/mol. The van der Waals surface area contributed by atoms with E-state index in [2.05, 4.69) is 99.2 Å². The van der Waals surface area contributed by atoms with Crippen molar-refractivity contribution in [3.63, 3.8) is 0 Å². The van der Waals surface area contributed by atoms with Gasteiger partial charge >= 0.3 is 43.6 Å². The Labute approximate surface area is 587 Å². The zero-order chi connectivity index (χ0) is 72.9. The summed E-state index contributed by atoms with van der Waals surface area (Å²) in [5.74, 6) is -1.79. The minimum atomic E-state index is -4.98. The summed E-state index contributed by atoms with van der Waals surface area (Å²) in [7, 11) is -4.98. The first-order valence-electron chi connectivity index (χ1n) is 35.6. The molecule has 3 rings (SSSR count). The third-order valence-corrected chi connectivity index (χ3v) is 17.8. The lowest BCUT2D eigenvalue weighted by Crippen LogP contribution is -2.16. The van der Waals surface area contributed by atoms with Crippen LogP contribution in [0, 0.1) is 0 Å². The van der Waals surface area contributed by atoms with E-state index in [0.717, 1.165) is 88.6 Å². The van der Waals surface area contributed by atoms with Crippen LogP contribution in [0.1, 0.15) is 266 Å². The molecule has 542 valence electrons. The van der Waals surface area contributed by atoms with Crippen molar-refractivity contribution in [3.05, 3.63) is 159 Å². The van der Waals surface area contributed by atoms with Crippen LogP contribution in [0.5, 0.6) is 17.2 Å². The Hall–Kier alpha value is -7.45. The number of carbonyl (C=O) groups is 6. The molecule has 3 aromatic rings. The van der Waals surface area contributed by atoms with Gasteiger partial charge in [-0.25, -0.2) is 28.8 Å². The Balaban J connectivity index is 2.50. The maximum absolute atomic E-state index is 17.6. The molecule has 17 heteroatoms. The minimum Gasteiger partial charge on any atom is -0.462 e. The van der Waals surface area contributed by atoms with E-state index in [1.165, 1.54) is 0 Å². The molecule has 0 radical (unpaired) electrons. The molecule has 0 aliphatic carbocycles. The lowest BCUT2D eigenvalue weighted by atomic mass is 9.90. The fraction of sp³-hybridized carbons (Fsp3) is 0.556. The predicted molar refractivity (Wildman–Crippen MR) is 391 cm³/mol. The van der Waals surface area contributed by atoms with E-state index in [9.17, 15) is 28.8 Å². The number of hydrogen-bond donors (Lipinski definition) is 0. The van der Waals surface area contributed by atoms with Gasteiger partial charge in [-0.05, 0) is 263 Å². The van der Waals surface area contributed by atoms with Crippen molar-refractivity contribution < 1.29 is 75.3 Å². The van der Waals surface area contributed by atoms with Crippen LogP contribution in [0.2, 0.25) is 0 Å². The van der Waals surface area contributed by atoms with Crippen molar-refractivity contribution in [2.45, 2.75) is 255 Å². The summed E-state index contributed by atoms with van der Waals surface area (Å²) in [6.07, 6.45) is 15.7. The number of carbonyl (C=O) groups excluding carboxylic acids is 6. The number of benzene rings is 3. The van der Waals surface area contributed by atoms with Gasteiger partial charge in [0.05, 0.1) is 39.6 Å². The molecule has 0 aromatic heterocycles. The molecule has 0 heterocycles. The fourth-order valence-electron chi connectivity index (χ4n) is 10.9. The molecule has 3 aromatic carbocycles. The average molecular weight is 1380 g/mol. The molecule has 0 saturated carbocycles. The van der Waals surface area contributed by atoms with Crippen LogP contribution >= 0.6 is 7.82 Å². The first kappa shape index (κ1) is 84.8. The Morgan fingerprint density at radius 1 is 0.296 bits per heavy atom. The van der Waals surface area contributed by atoms with Gasteiger partial charge in [0.15, 0.2) is 0 Å². The molecule has 0 bridgehead atoms. The number of aryl methyl sites for hydroxylation is 3. The molecule has 0 aliphatic heterocycles. The van der Waals surface area contributed by atoms with Crippen LogP contribution in [-0.4, -0.2) is 75.5 Å². The lowest BCUT2D eigenvalue weighted by Gasteiger charge is -2.29. The minimum absolute atomic E-state index is 0.135. The fourth-order valence-corrected chi connectivity index (χ4v) is 12.3. The van der Waals surface area contributed by atoms with Crippen LogP contribution in [0.25, 0.3) is 0 Å². The van der Waals surface area contributed by atoms with Crippen molar-refractivity contribution in [3.8, 4) is 17.2 Å². The zero-order valence-electron chi connectivity index (χ0n) is 61.6. The largest absolute Gasteiger partial charge is 0.647 e. The van der Waals surface area contributed by atoms with Crippen molar-refractivity contribution in [2.75, 3.05) is 39.6 Å². The highest BCUT2D eigenvalue weighted by atomic mass is 31.2. The molecule has 0 unspecified atom stereocenters. The predicted octanol–water partition coefficient (Wildman–Crippen LogP) is 19.7. The molecule has 16 nitrogen and oxygen atoms in total. The first-order chi connectivity index (χ1) is 46.5. The molecule has 0 aliphatic rings. The van der Waals surface area contributed by atoms with E-state index in [4.69, 9.17) is 42.0 Å². The van der Waals surface area contributed by atoms with Crippen LogP contribution in [0.3, 0.4) is 0 Å². The van der Waals surface area contributed by atoms with E-state index >= 15 is 4.57 Å². The summed E-state index contributed by atoms with van der Waals surface area (Å²) in [4.78, 5) is 74.1. The second-order valence-corrected chi connectivity index (χ2v) is 28.4. The van der Waals surface area contributed by atoms with Gasteiger partial charge in [0, 0.05) is 33.4 Å². The van der Waals surface area contributed by atoms with E-state index < -0.39 is 43.6 Å². The van der Waals surface area contributed by atoms with E-state index in [1.54, 1.807) is 41.5 Å². The summed E-state index contributed by atoms with van der Waals surface area (Å²) in [6, 6.07) is 12.5. The SMILES string of the molecule is C=C(C)C(=O)OCCCCCc1ccc(C(C)C)c(OP(=O)(Oc2c(C(C)C)ccc(CCCCCOC(=O)C(=C)C)c2CCCCCOC(=O)C(=C)C)Oc2c(C(C)C)ccc(CCCCCOC(=O)C(=C)C)c2CCCCCOC(=O)C(=C)C)c1CCCCCOC(=O)C(=C)C. The van der Waals surface area contributed by atoms with Crippen molar-refractivity contribution in [1.29, 1.82) is 0 Å². The number of hydrogen-bond acceptors (Lipinski definition) is 16. The Bertz CT molecular complexity index is 2910. The molecule has 98 heavy (non-hydrogen) atoms. The number of unbranched alkanes of at least 4 members (excludes halogenated alkanes) is 12. The highest BCUT2D eigenvalue weighted by molar-refractivity contribution is 7.49. The van der Waals surface area contributed by atoms with Crippen LogP contribution in [0.15, 0.2) is 109 Å². The van der Waals surface area contributed by atoms with Gasteiger partial charge in [-0.3, -0.25) is 0 Å². The van der Waals surface area contributed by atoms with Gasteiger partial charge in [0.2, 0.25) is 0 Å². The highest BCUT2D eigenvalue weighted by Gasteiger charge is 2.40. The number of rotatable bonds is 51. The van der Waals surface area contributed by atoms with Crippen molar-refractivity contribution in [1.82, 2.24) is 0 Å². The average Bonchev–Trinajstić information content (AvgIpc) is 0.768. The van der Waals surface area contributed by atoms with E-state index in [-0.39, 0.29) is 57.4 Å². The Morgan fingerprint density at radius 3 is 0.653 bits per heavy atom. The third kappa shape index (κ3) is 30.8. The standard InChI is InChI=1S/C81H117O16P/c1-55(2)67-46-43-64(37-25-19-31-49-89-76(82)58(7)8)70(40-28-22-34-52-92-79(85)61(13)14)73(67)95-98(88,96-74-68(56(3)4)47-44-65(38-26-20-32-50-90-77(83)59(9)10)71(74)41-29-23-35-53-93-80(86)62(15)16)97-75-69(57(5)6)48-45-66(39-27-21-33-51-91-78(84)60(11)12)72(75)42-30-24-36-54-94-81(87)63(17)18/h43-48,55-57H,7,9,11,13,15,17,19-42,49-54H2,1-6,8,10,12,14,16,18H3. The van der Waals surface area contributed by atoms with E-state index in [0.29, 0.717) is 166 Å². The number of phosphoric ester groups is 1. The second-order valence-electron chi connectivity index (χ2n) is 26.9. The summed E-state index contributed by atoms with van der Waals surface area (Å²) in [5.41, 5.74) is 9.95.